The van der Waals surface area contributed by atoms with E-state index in [1.807, 2.05) is 74.5 Å². The van der Waals surface area contributed by atoms with Crippen LogP contribution < -0.4 is 56.0 Å². The minimum absolute atomic E-state index is 0. The van der Waals surface area contributed by atoms with Gasteiger partial charge in [0.05, 0.1) is 0 Å². The summed E-state index contributed by atoms with van der Waals surface area (Å²) in [6.45, 7) is 10.1. The third-order valence-corrected chi connectivity index (χ3v) is 11.2. The van der Waals surface area contributed by atoms with Gasteiger partial charge in [0.2, 0.25) is 33.4 Å². The van der Waals surface area contributed by atoms with E-state index in [0.717, 1.165) is 139 Å². The molecule has 0 aliphatic carbocycles. The van der Waals surface area contributed by atoms with Crippen molar-refractivity contribution in [2.24, 2.45) is 0 Å². The monoisotopic (exact) mass is 850 g/mol. The number of rotatable bonds is 11. The first-order valence-corrected chi connectivity index (χ1v) is 19.9. The Hall–Kier alpha value is -5.12. The average Bonchev–Trinajstić information content (AvgIpc) is 3.17. The van der Waals surface area contributed by atoms with E-state index in [0.29, 0.717) is 10.0 Å². The van der Waals surface area contributed by atoms with Crippen molar-refractivity contribution in [2.75, 3.05) is 35.2 Å². The molecule has 0 amide bonds. The number of anilines is 4. The molecule has 0 saturated carbocycles. The second-order valence-electron chi connectivity index (χ2n) is 14.8. The van der Waals surface area contributed by atoms with Crippen LogP contribution >= 0.6 is 23.2 Å². The van der Waals surface area contributed by atoms with E-state index in [4.69, 9.17) is 44.6 Å². The number of halogens is 4. The number of unbranched alkanes of at least 4 members (excludes halogenated alkanes) is 3. The van der Waals surface area contributed by atoms with E-state index in [1.165, 1.54) is 0 Å². The quantitative estimate of drug-likeness (QED) is 0.0664. The highest BCUT2D eigenvalue weighted by Crippen LogP contribution is 2.29. The van der Waals surface area contributed by atoms with E-state index in [-0.39, 0.29) is 24.8 Å². The molecule has 0 aliphatic heterocycles. The second kappa shape index (κ2) is 17.8. The highest BCUT2D eigenvalue weighted by atomic mass is 35.5. The van der Waals surface area contributed by atoms with E-state index in [9.17, 15) is 0 Å². The molecule has 298 valence electrons. The number of benzene rings is 6. The maximum atomic E-state index is 6.40. The van der Waals surface area contributed by atoms with Gasteiger partial charge < -0.3 is 46.9 Å². The Bertz CT molecular complexity index is 2600. The Balaban J connectivity index is 0.00000283. The van der Waals surface area contributed by atoms with Gasteiger partial charge in [-0.2, -0.15) is 0 Å². The van der Waals surface area contributed by atoms with E-state index < -0.39 is 0 Å². The van der Waals surface area contributed by atoms with Crippen LogP contribution in [0.3, 0.4) is 0 Å². The van der Waals surface area contributed by atoms with Crippen LogP contribution in [-0.4, -0.2) is 23.1 Å². The summed E-state index contributed by atoms with van der Waals surface area (Å²) in [6.07, 6.45) is 4.39. The van der Waals surface area contributed by atoms with Crippen LogP contribution in [0.1, 0.15) is 47.9 Å². The third-order valence-electron chi connectivity index (χ3n) is 10.7. The van der Waals surface area contributed by atoms with Crippen molar-refractivity contribution in [1.82, 2.24) is 9.97 Å². The molecule has 0 fully saturated rings. The number of aryl methyl sites for hydroxylation is 4. The van der Waals surface area contributed by atoms with Crippen molar-refractivity contribution in [3.63, 3.8) is 0 Å². The van der Waals surface area contributed by atoms with Gasteiger partial charge in [-0.3, -0.25) is 0 Å². The number of hydrogen-bond acceptors (Lipinski definition) is 6. The number of fused-ring (bicyclic) bond motifs is 4. The summed E-state index contributed by atoms with van der Waals surface area (Å²) in [4.78, 5) is 10.1. The highest BCUT2D eigenvalue weighted by molar-refractivity contribution is 6.30. The summed E-state index contributed by atoms with van der Waals surface area (Å²) in [6, 6.07) is 32.7. The van der Waals surface area contributed by atoms with Gasteiger partial charge in [-0.25, -0.2) is 9.97 Å². The standard InChI is InChI=1S/C46H44Cl2N8.2ClH/c1-27-19-39-43(23-35(27)49)55(33-13-9-31(47)10-14-33)45-25-37(29(3)21-41(45)53-39)51-17-7-5-6-8-18-52-38-26-46-42(22-30(38)4)54-40-20-28(2)36(50)24-44(40)56(46)34-15-11-32(48)12-16-34;;/h9-16,19-26H,5-8,17-18H2,1-4H3,(H4,49,50,51,52);2*1H. The van der Waals surface area contributed by atoms with Crippen LogP contribution in [-0.2, 0) is 0 Å². The summed E-state index contributed by atoms with van der Waals surface area (Å²) in [5.41, 5.74) is 30.4. The zero-order chi connectivity index (χ0) is 39.1. The number of nitrogen functional groups attached to an aromatic ring is 2. The predicted molar refractivity (Wildman–Crippen MR) is 235 cm³/mol. The lowest BCUT2D eigenvalue weighted by molar-refractivity contribution is -0.538. The molecule has 6 N–H and O–H groups in total. The number of aromatic nitrogens is 4. The first-order chi connectivity index (χ1) is 27.0. The molecule has 58 heavy (non-hydrogen) atoms. The van der Waals surface area contributed by atoms with Crippen molar-refractivity contribution in [2.45, 2.75) is 53.4 Å². The van der Waals surface area contributed by atoms with E-state index in [2.05, 4.69) is 70.0 Å². The molecule has 0 aliphatic rings. The van der Waals surface area contributed by atoms with Gasteiger partial charge in [-0.05, 0) is 111 Å². The van der Waals surface area contributed by atoms with Crippen LogP contribution in [0.2, 0.25) is 10.0 Å². The highest BCUT2D eigenvalue weighted by Gasteiger charge is 2.24. The van der Waals surface area contributed by atoms with Crippen molar-refractivity contribution in [3.8, 4) is 11.4 Å². The van der Waals surface area contributed by atoms with Crippen LogP contribution in [0.25, 0.3) is 55.5 Å². The van der Waals surface area contributed by atoms with Gasteiger partial charge >= 0.3 is 0 Å². The fraction of sp³-hybridized carbons (Fsp3) is 0.217. The minimum atomic E-state index is 0. The summed E-state index contributed by atoms with van der Waals surface area (Å²) in [7, 11) is 0. The average molecular weight is 853 g/mol. The lowest BCUT2D eigenvalue weighted by Gasteiger charge is -2.13. The molecule has 0 atom stereocenters. The molecule has 2 aromatic heterocycles. The van der Waals surface area contributed by atoms with Gasteiger partial charge in [0.15, 0.2) is 0 Å². The van der Waals surface area contributed by atoms with Gasteiger partial charge in [0, 0.05) is 94.4 Å². The van der Waals surface area contributed by atoms with E-state index in [1.54, 1.807) is 0 Å². The first kappa shape index (κ1) is 42.5. The van der Waals surface area contributed by atoms with Crippen LogP contribution in [0.4, 0.5) is 22.7 Å². The maximum Gasteiger partial charge on any atom is 0.239 e. The Labute approximate surface area is 361 Å². The summed E-state index contributed by atoms with van der Waals surface area (Å²) >= 11 is 12.6. The Morgan fingerprint density at radius 3 is 1.16 bits per heavy atom. The first-order valence-electron chi connectivity index (χ1n) is 19.2. The zero-order valence-electron chi connectivity index (χ0n) is 32.9. The smallest absolute Gasteiger partial charge is 0.239 e. The van der Waals surface area contributed by atoms with Gasteiger partial charge in [-0.15, -0.1) is 9.13 Å². The number of hydrogen-bond donors (Lipinski definition) is 4. The molecule has 6 aromatic carbocycles. The molecule has 0 saturated heterocycles. The molecule has 8 nitrogen and oxygen atoms in total. The molecular weight excluding hydrogens is 806 g/mol. The second-order valence-corrected chi connectivity index (χ2v) is 15.7. The number of nitrogens with two attached hydrogens (primary N) is 2. The normalized spacial score (nSPS) is 11.2. The topological polar surface area (TPSA) is 110 Å². The van der Waals surface area contributed by atoms with Crippen molar-refractivity contribution < 1.29 is 33.9 Å². The van der Waals surface area contributed by atoms with Gasteiger partial charge in [0.1, 0.15) is 22.1 Å². The molecule has 2 heterocycles. The summed E-state index contributed by atoms with van der Waals surface area (Å²) in [5, 5.41) is 8.83. The number of nitrogens with zero attached hydrogens (tertiary/aromatic N) is 4. The molecular formula is C46H46Cl4N8. The Morgan fingerprint density at radius 2 is 0.793 bits per heavy atom. The molecule has 0 unspecified atom stereocenters. The Kier molecular flexibility index (Phi) is 13.0. The van der Waals surface area contributed by atoms with Crippen molar-refractivity contribution in [1.29, 1.82) is 0 Å². The minimum Gasteiger partial charge on any atom is -1.00 e. The van der Waals surface area contributed by atoms with Crippen LogP contribution in [0.15, 0.2) is 97.1 Å². The lowest BCUT2D eigenvalue weighted by atomic mass is 10.1. The van der Waals surface area contributed by atoms with Gasteiger partial charge in [-0.1, -0.05) is 36.0 Å². The van der Waals surface area contributed by atoms with Crippen molar-refractivity contribution >= 4 is 90.1 Å². The molecule has 0 radical (unpaired) electrons. The molecule has 12 heteroatoms. The molecule has 0 bridgehead atoms. The maximum absolute atomic E-state index is 6.40. The SMILES string of the molecule is Cc1cc2nc3cc(C)c(NCCCCCCNc4cc5c(cc4C)nc4cc(C)c(N)cc4[n+]5-c4ccc(Cl)cc4)cc3[n+](-c3ccc(Cl)cc3)c2cc1N.[Cl-].[Cl-]. The fourth-order valence-corrected chi connectivity index (χ4v) is 7.77. The predicted octanol–water partition coefficient (Wildman–Crippen LogP) is 4.44. The van der Waals surface area contributed by atoms with Crippen molar-refractivity contribution in [3.05, 3.63) is 129 Å². The van der Waals surface area contributed by atoms with Gasteiger partial charge in [0.25, 0.3) is 0 Å². The third kappa shape index (κ3) is 8.52. The summed E-state index contributed by atoms with van der Waals surface area (Å²) in [5.74, 6) is 0. The number of nitrogens with one attached hydrogen (secondary N) is 2. The molecule has 8 rings (SSSR count). The summed E-state index contributed by atoms with van der Waals surface area (Å²) < 4.78 is 4.45. The van der Waals surface area contributed by atoms with E-state index >= 15 is 0 Å². The van der Waals surface area contributed by atoms with Crippen LogP contribution in [0.5, 0.6) is 0 Å². The molecule has 0 spiro atoms. The lowest BCUT2D eigenvalue weighted by Crippen LogP contribution is -3.00. The largest absolute Gasteiger partial charge is 1.00 e. The molecule has 8 aromatic rings. The fourth-order valence-electron chi connectivity index (χ4n) is 7.52. The Morgan fingerprint density at radius 1 is 0.466 bits per heavy atom. The van der Waals surface area contributed by atoms with Crippen LogP contribution in [0, 0.1) is 27.7 Å². The zero-order valence-corrected chi connectivity index (χ0v) is 36.0.